The number of sulfonamides is 1. The Labute approximate surface area is 182 Å². The Bertz CT molecular complexity index is 1160. The highest BCUT2D eigenvalue weighted by Crippen LogP contribution is 2.39. The number of benzene rings is 2. The molecular weight excluding hydrogens is 448 g/mol. The molecule has 3 atom stereocenters. The summed E-state index contributed by atoms with van der Waals surface area (Å²) in [6.07, 6.45) is -3.14. The van der Waals surface area contributed by atoms with Crippen molar-refractivity contribution < 1.29 is 36.6 Å². The predicted octanol–water partition coefficient (Wildman–Crippen LogP) is 2.35. The maximum atomic E-state index is 13.3. The molecule has 0 bridgehead atoms. The Morgan fingerprint density at radius 3 is 2.50 bits per heavy atom. The number of ether oxygens (including phenoxy) is 1. The summed E-state index contributed by atoms with van der Waals surface area (Å²) in [6.45, 7) is -0.278. The highest BCUT2D eigenvalue weighted by atomic mass is 32.2. The number of halogens is 2. The van der Waals surface area contributed by atoms with Crippen LogP contribution in [-0.2, 0) is 14.8 Å². The molecule has 2 aromatic carbocycles. The third kappa shape index (κ3) is 4.44. The summed E-state index contributed by atoms with van der Waals surface area (Å²) >= 11 is 0. The number of hydrogen-bond donors (Lipinski definition) is 3. The van der Waals surface area contributed by atoms with E-state index in [0.717, 1.165) is 28.6 Å². The number of nitrogens with zero attached hydrogens (tertiary/aromatic N) is 1. The number of carbonyl (C=O) groups excluding carboxylic acids is 1. The fraction of sp³-hybridized carbons (Fsp3) is 0.300. The summed E-state index contributed by atoms with van der Waals surface area (Å²) < 4.78 is 59.8. The zero-order chi connectivity index (χ0) is 23.0. The summed E-state index contributed by atoms with van der Waals surface area (Å²) in [5.41, 5.74) is 0.197. The smallest absolute Gasteiger partial charge is 0.409 e. The van der Waals surface area contributed by atoms with Gasteiger partial charge in [-0.3, -0.25) is 14.4 Å². The Morgan fingerprint density at radius 2 is 1.88 bits per heavy atom. The largest absolute Gasteiger partial charge is 0.484 e. The Kier molecular flexibility index (Phi) is 5.63. The van der Waals surface area contributed by atoms with E-state index in [2.05, 4.69) is 10.6 Å². The number of carbonyl (C=O) groups is 2. The first-order valence-electron chi connectivity index (χ1n) is 9.66. The Balaban J connectivity index is 1.64. The quantitative estimate of drug-likeness (QED) is 0.599. The van der Waals surface area contributed by atoms with Crippen LogP contribution >= 0.6 is 0 Å². The van der Waals surface area contributed by atoms with Gasteiger partial charge >= 0.3 is 6.09 Å². The lowest BCUT2D eigenvalue weighted by Crippen LogP contribution is -2.48. The molecule has 4 rings (SSSR count). The van der Waals surface area contributed by atoms with E-state index >= 15 is 0 Å². The van der Waals surface area contributed by atoms with Crippen LogP contribution in [0.2, 0.25) is 0 Å². The monoisotopic (exact) mass is 467 g/mol. The average Bonchev–Trinajstić information content (AvgIpc) is 3.48. The van der Waals surface area contributed by atoms with E-state index in [1.165, 1.54) is 18.2 Å². The molecular formula is C20H19F2N3O6S. The van der Waals surface area contributed by atoms with Gasteiger partial charge in [0.15, 0.2) is 0 Å². The van der Waals surface area contributed by atoms with Crippen LogP contribution in [0.25, 0.3) is 0 Å². The summed E-state index contributed by atoms with van der Waals surface area (Å²) in [6, 6.07) is 8.36. The summed E-state index contributed by atoms with van der Waals surface area (Å²) in [7, 11) is -4.18. The van der Waals surface area contributed by atoms with Crippen molar-refractivity contribution in [2.45, 2.75) is 23.6 Å². The minimum absolute atomic E-state index is 0.0634. The van der Waals surface area contributed by atoms with Crippen molar-refractivity contribution in [3.05, 3.63) is 48.3 Å². The number of amides is 2. The SMILES string of the molecule is O=C(O)Nc1ccc2c(c1)N(S(=O)(=O)c1ccc(F)cc1)CC(CNC(=O)[C@@H]1C[C@@H]1F)O2. The van der Waals surface area contributed by atoms with E-state index < -0.39 is 46.0 Å². The minimum atomic E-state index is -4.18. The van der Waals surface area contributed by atoms with Gasteiger partial charge in [-0.15, -0.1) is 0 Å². The van der Waals surface area contributed by atoms with Crippen molar-refractivity contribution in [2.24, 2.45) is 5.92 Å². The molecule has 0 radical (unpaired) electrons. The standard InChI is InChI=1S/C20H19F2N3O6S/c21-11-1-4-14(5-2-11)32(29,30)25-10-13(9-23-19(26)15-8-16(15)22)31-18-6-3-12(7-17(18)25)24-20(27)28/h1-7,13,15-16,24H,8-10H2,(H,23,26)(H,27,28)/t13?,15-,16+/m1/s1. The summed E-state index contributed by atoms with van der Waals surface area (Å²) in [4.78, 5) is 22.7. The van der Waals surface area contributed by atoms with Crippen molar-refractivity contribution in [3.63, 3.8) is 0 Å². The number of alkyl halides is 1. The molecule has 1 saturated carbocycles. The van der Waals surface area contributed by atoms with Gasteiger partial charge in [0.1, 0.15) is 23.8 Å². The molecule has 1 fully saturated rings. The van der Waals surface area contributed by atoms with Gasteiger partial charge in [0.2, 0.25) is 5.91 Å². The molecule has 9 nitrogen and oxygen atoms in total. The van der Waals surface area contributed by atoms with Gasteiger partial charge in [-0.05, 0) is 48.9 Å². The predicted molar refractivity (Wildman–Crippen MR) is 109 cm³/mol. The number of anilines is 2. The zero-order valence-corrected chi connectivity index (χ0v) is 17.3. The summed E-state index contributed by atoms with van der Waals surface area (Å²) in [5, 5.41) is 13.7. The fourth-order valence-electron chi connectivity index (χ4n) is 3.36. The van der Waals surface area contributed by atoms with E-state index in [-0.39, 0.29) is 41.5 Å². The lowest BCUT2D eigenvalue weighted by Gasteiger charge is -2.35. The van der Waals surface area contributed by atoms with Gasteiger partial charge in [-0.25, -0.2) is 22.0 Å². The second kappa shape index (κ2) is 8.26. The van der Waals surface area contributed by atoms with Crippen LogP contribution in [-0.4, -0.2) is 50.9 Å². The van der Waals surface area contributed by atoms with E-state index in [0.29, 0.717) is 0 Å². The van der Waals surface area contributed by atoms with E-state index in [4.69, 9.17) is 9.84 Å². The van der Waals surface area contributed by atoms with Crippen LogP contribution in [0.4, 0.5) is 25.0 Å². The first kappa shape index (κ1) is 21.8. The molecule has 0 saturated heterocycles. The molecule has 12 heteroatoms. The molecule has 1 aliphatic heterocycles. The molecule has 0 spiro atoms. The molecule has 2 aromatic rings. The lowest BCUT2D eigenvalue weighted by molar-refractivity contribution is -0.123. The number of nitrogens with one attached hydrogen (secondary N) is 2. The molecule has 32 heavy (non-hydrogen) atoms. The highest BCUT2D eigenvalue weighted by Gasteiger charge is 2.44. The maximum absolute atomic E-state index is 13.3. The zero-order valence-electron chi connectivity index (χ0n) is 16.5. The van der Waals surface area contributed by atoms with Crippen molar-refractivity contribution >= 4 is 33.4 Å². The number of hydrogen-bond acceptors (Lipinski definition) is 5. The Hall–Kier alpha value is -3.41. The van der Waals surface area contributed by atoms with E-state index in [1.807, 2.05) is 0 Å². The second-order valence-corrected chi connectivity index (χ2v) is 9.31. The van der Waals surface area contributed by atoms with Crippen LogP contribution in [0, 0.1) is 11.7 Å². The van der Waals surface area contributed by atoms with Crippen LogP contribution < -0.4 is 19.7 Å². The van der Waals surface area contributed by atoms with Crippen molar-refractivity contribution in [1.29, 1.82) is 0 Å². The molecule has 2 aliphatic rings. The second-order valence-electron chi connectivity index (χ2n) is 7.45. The van der Waals surface area contributed by atoms with Gasteiger partial charge in [-0.2, -0.15) is 0 Å². The molecule has 2 amide bonds. The summed E-state index contributed by atoms with van der Waals surface area (Å²) in [5.74, 6) is -1.63. The van der Waals surface area contributed by atoms with Crippen LogP contribution in [0.15, 0.2) is 47.4 Å². The molecule has 1 aliphatic carbocycles. The molecule has 1 unspecified atom stereocenters. The van der Waals surface area contributed by atoms with Crippen molar-refractivity contribution in [3.8, 4) is 5.75 Å². The number of rotatable bonds is 6. The molecule has 3 N–H and O–H groups in total. The lowest BCUT2D eigenvalue weighted by atomic mass is 10.2. The number of carboxylic acid groups (broad SMARTS) is 1. The van der Waals surface area contributed by atoms with Gasteiger partial charge in [-0.1, -0.05) is 0 Å². The topological polar surface area (TPSA) is 125 Å². The van der Waals surface area contributed by atoms with Gasteiger partial charge in [0.25, 0.3) is 10.0 Å². The number of fused-ring (bicyclic) bond motifs is 1. The third-order valence-electron chi connectivity index (χ3n) is 5.10. The highest BCUT2D eigenvalue weighted by molar-refractivity contribution is 7.92. The third-order valence-corrected chi connectivity index (χ3v) is 6.89. The van der Waals surface area contributed by atoms with E-state index in [9.17, 15) is 26.8 Å². The molecule has 0 aromatic heterocycles. The van der Waals surface area contributed by atoms with Crippen molar-refractivity contribution in [2.75, 3.05) is 22.7 Å². The normalized spacial score (nSPS) is 21.8. The van der Waals surface area contributed by atoms with E-state index in [1.54, 1.807) is 0 Å². The van der Waals surface area contributed by atoms with Gasteiger partial charge < -0.3 is 15.2 Å². The fourth-order valence-corrected chi connectivity index (χ4v) is 4.86. The van der Waals surface area contributed by atoms with Crippen LogP contribution in [0.3, 0.4) is 0 Å². The van der Waals surface area contributed by atoms with Gasteiger partial charge in [0, 0.05) is 5.69 Å². The first-order valence-corrected chi connectivity index (χ1v) is 11.1. The molecule has 1 heterocycles. The minimum Gasteiger partial charge on any atom is -0.484 e. The maximum Gasteiger partial charge on any atom is 0.409 e. The van der Waals surface area contributed by atoms with Gasteiger partial charge in [0.05, 0.1) is 29.6 Å². The molecule has 170 valence electrons. The van der Waals surface area contributed by atoms with Crippen LogP contribution in [0.5, 0.6) is 5.75 Å². The van der Waals surface area contributed by atoms with Crippen molar-refractivity contribution in [1.82, 2.24) is 5.32 Å². The Morgan fingerprint density at radius 1 is 1.19 bits per heavy atom. The average molecular weight is 467 g/mol. The van der Waals surface area contributed by atoms with Crippen LogP contribution in [0.1, 0.15) is 6.42 Å². The first-order chi connectivity index (χ1) is 15.1.